The normalized spacial score (nSPS) is 17.0. The van der Waals surface area contributed by atoms with Crippen molar-refractivity contribution in [2.75, 3.05) is 42.8 Å². The third kappa shape index (κ3) is 6.11. The Morgan fingerprint density at radius 1 is 0.907 bits per heavy atom. The fourth-order valence-corrected chi connectivity index (χ4v) is 6.27. The van der Waals surface area contributed by atoms with Gasteiger partial charge in [-0.3, -0.25) is 9.59 Å². The number of hydrogen-bond acceptors (Lipinski definition) is 5. The molecule has 1 saturated heterocycles. The van der Waals surface area contributed by atoms with Crippen LogP contribution in [0.4, 0.5) is 21.9 Å². The summed E-state index contributed by atoms with van der Waals surface area (Å²) in [5, 5.41) is 5.89. The summed E-state index contributed by atoms with van der Waals surface area (Å²) < 4.78 is 7.19. The maximum Gasteiger partial charge on any atom is 0.323 e. The summed E-state index contributed by atoms with van der Waals surface area (Å²) in [4.78, 5) is 43.2. The second-order valence-electron chi connectivity index (χ2n) is 11.3. The highest BCUT2D eigenvalue weighted by Crippen LogP contribution is 2.39. The highest BCUT2D eigenvalue weighted by atomic mass is 16.5. The first-order valence-electron chi connectivity index (χ1n) is 14.5. The van der Waals surface area contributed by atoms with Gasteiger partial charge in [0.2, 0.25) is 0 Å². The average Bonchev–Trinajstić information content (AvgIpc) is 3.01. The third-order valence-electron chi connectivity index (χ3n) is 8.25. The SMILES string of the molecule is COc1cccc(NC(=O)Nc2cc(C(=O)N(C)Cc3ccccc3)ccc2N2CC3CC(C2)c2cccc(=O)n2C3)c1. The summed E-state index contributed by atoms with van der Waals surface area (Å²) in [6.45, 7) is 2.58. The number of hydrogen-bond donors (Lipinski definition) is 2. The fraction of sp³-hybridized carbons (Fsp3) is 0.265. The number of carbonyl (C=O) groups excluding carboxylic acids is 2. The number of pyridine rings is 1. The van der Waals surface area contributed by atoms with Crippen LogP contribution in [0.3, 0.4) is 0 Å². The van der Waals surface area contributed by atoms with E-state index in [4.69, 9.17) is 4.74 Å². The highest BCUT2D eigenvalue weighted by Gasteiger charge is 2.35. The lowest BCUT2D eigenvalue weighted by molar-refractivity contribution is 0.0785. The molecular weight excluding hydrogens is 542 g/mol. The van der Waals surface area contributed by atoms with Crippen LogP contribution in [0.1, 0.15) is 34.0 Å². The van der Waals surface area contributed by atoms with Gasteiger partial charge in [-0.1, -0.05) is 42.5 Å². The fourth-order valence-electron chi connectivity index (χ4n) is 6.27. The molecule has 2 N–H and O–H groups in total. The van der Waals surface area contributed by atoms with Crippen LogP contribution in [-0.4, -0.2) is 48.7 Å². The number of anilines is 3. The van der Waals surface area contributed by atoms with Crippen molar-refractivity contribution in [2.45, 2.75) is 25.4 Å². The minimum absolute atomic E-state index is 0.0414. The number of urea groups is 1. The smallest absolute Gasteiger partial charge is 0.323 e. The first kappa shape index (κ1) is 28.1. The highest BCUT2D eigenvalue weighted by molar-refractivity contribution is 6.04. The van der Waals surface area contributed by atoms with Gasteiger partial charge in [-0.05, 0) is 54.3 Å². The van der Waals surface area contributed by atoms with Gasteiger partial charge in [0.25, 0.3) is 11.5 Å². The number of piperidine rings is 1. The van der Waals surface area contributed by atoms with Crippen molar-refractivity contribution in [3.63, 3.8) is 0 Å². The minimum Gasteiger partial charge on any atom is -0.497 e. The molecule has 4 aromatic rings. The van der Waals surface area contributed by atoms with Crippen molar-refractivity contribution in [1.29, 1.82) is 0 Å². The molecule has 2 aliphatic rings. The molecule has 3 amide bonds. The summed E-state index contributed by atoms with van der Waals surface area (Å²) in [5.74, 6) is 0.976. The molecule has 2 aliphatic heterocycles. The predicted molar refractivity (Wildman–Crippen MR) is 168 cm³/mol. The Morgan fingerprint density at radius 2 is 1.72 bits per heavy atom. The topological polar surface area (TPSA) is 95.9 Å². The van der Waals surface area contributed by atoms with E-state index in [1.807, 2.05) is 65.2 Å². The molecular formula is C34H35N5O4. The van der Waals surface area contributed by atoms with Gasteiger partial charge in [0.15, 0.2) is 0 Å². The van der Waals surface area contributed by atoms with Gasteiger partial charge >= 0.3 is 6.03 Å². The molecule has 9 heteroatoms. The van der Waals surface area contributed by atoms with Crippen molar-refractivity contribution in [2.24, 2.45) is 5.92 Å². The van der Waals surface area contributed by atoms with Gasteiger partial charge in [-0.25, -0.2) is 4.79 Å². The molecule has 1 fully saturated rings. The molecule has 0 aliphatic carbocycles. The van der Waals surface area contributed by atoms with Crippen LogP contribution in [0.15, 0.2) is 95.8 Å². The molecule has 0 saturated carbocycles. The number of methoxy groups -OCH3 is 1. The average molecular weight is 578 g/mol. The molecule has 43 heavy (non-hydrogen) atoms. The maximum atomic E-state index is 13.5. The Kier molecular flexibility index (Phi) is 7.87. The maximum absolute atomic E-state index is 13.5. The van der Waals surface area contributed by atoms with E-state index >= 15 is 0 Å². The van der Waals surface area contributed by atoms with E-state index < -0.39 is 6.03 Å². The zero-order valence-electron chi connectivity index (χ0n) is 24.3. The van der Waals surface area contributed by atoms with Gasteiger partial charge in [0.1, 0.15) is 5.75 Å². The van der Waals surface area contributed by atoms with Crippen LogP contribution >= 0.6 is 0 Å². The number of fused-ring (bicyclic) bond motifs is 4. The Hall–Kier alpha value is -5.05. The number of nitrogens with zero attached hydrogens (tertiary/aromatic N) is 3. The number of benzene rings is 3. The predicted octanol–water partition coefficient (Wildman–Crippen LogP) is 5.40. The van der Waals surface area contributed by atoms with E-state index in [2.05, 4.69) is 15.5 Å². The van der Waals surface area contributed by atoms with E-state index in [0.717, 1.165) is 29.9 Å². The van der Waals surface area contributed by atoms with E-state index in [1.54, 1.807) is 49.4 Å². The lowest BCUT2D eigenvalue weighted by Crippen LogP contribution is -2.47. The van der Waals surface area contributed by atoms with Crippen molar-refractivity contribution < 1.29 is 14.3 Å². The number of ether oxygens (including phenoxy) is 1. The van der Waals surface area contributed by atoms with Crippen LogP contribution in [-0.2, 0) is 13.1 Å². The Morgan fingerprint density at radius 3 is 2.53 bits per heavy atom. The minimum atomic E-state index is -0.425. The van der Waals surface area contributed by atoms with Gasteiger partial charge < -0.3 is 29.7 Å². The standard InChI is InChI=1S/C34H35N5O4/c1-37(19-23-8-4-3-5-9-23)33(41)25-14-15-31(29(17-25)36-34(42)35-27-10-6-11-28(18-27)43-2)38-20-24-16-26(22-38)30-12-7-13-32(40)39(30)21-24/h3-15,17-18,24,26H,16,19-22H2,1-2H3,(H2,35,36,42). The summed E-state index contributed by atoms with van der Waals surface area (Å²) in [6, 6.07) is 27.5. The van der Waals surface area contributed by atoms with Crippen LogP contribution in [0.5, 0.6) is 5.75 Å². The first-order valence-corrected chi connectivity index (χ1v) is 14.5. The molecule has 2 atom stereocenters. The van der Waals surface area contributed by atoms with Crippen LogP contribution in [0.25, 0.3) is 0 Å². The molecule has 0 spiro atoms. The Labute approximate surface area is 250 Å². The summed E-state index contributed by atoms with van der Waals surface area (Å²) in [7, 11) is 3.35. The lowest BCUT2D eigenvalue weighted by Gasteiger charge is -2.44. The van der Waals surface area contributed by atoms with Crippen LogP contribution in [0.2, 0.25) is 0 Å². The number of nitrogens with one attached hydrogen (secondary N) is 2. The second-order valence-corrected chi connectivity index (χ2v) is 11.3. The van der Waals surface area contributed by atoms with Crippen molar-refractivity contribution in [3.8, 4) is 5.75 Å². The molecule has 2 unspecified atom stereocenters. The molecule has 2 bridgehead atoms. The number of carbonyl (C=O) groups is 2. The van der Waals surface area contributed by atoms with Gasteiger partial charge in [-0.2, -0.15) is 0 Å². The monoisotopic (exact) mass is 577 g/mol. The third-order valence-corrected chi connectivity index (χ3v) is 8.25. The number of aromatic nitrogens is 1. The molecule has 3 aromatic carbocycles. The molecule has 9 nitrogen and oxygen atoms in total. The van der Waals surface area contributed by atoms with Crippen molar-refractivity contribution >= 4 is 29.0 Å². The largest absolute Gasteiger partial charge is 0.497 e. The zero-order chi connectivity index (χ0) is 29.9. The zero-order valence-corrected chi connectivity index (χ0v) is 24.3. The Balaban J connectivity index is 1.29. The second kappa shape index (κ2) is 12.1. The van der Waals surface area contributed by atoms with E-state index in [0.29, 0.717) is 48.2 Å². The summed E-state index contributed by atoms with van der Waals surface area (Å²) >= 11 is 0. The van der Waals surface area contributed by atoms with Gasteiger partial charge in [-0.15, -0.1) is 0 Å². The molecule has 6 rings (SSSR count). The molecule has 220 valence electrons. The first-order chi connectivity index (χ1) is 20.9. The van der Waals surface area contributed by atoms with E-state index in [9.17, 15) is 14.4 Å². The van der Waals surface area contributed by atoms with E-state index in [-0.39, 0.29) is 17.4 Å². The quantitative estimate of drug-likeness (QED) is 0.307. The van der Waals surface area contributed by atoms with E-state index in [1.165, 1.54) is 0 Å². The van der Waals surface area contributed by atoms with Gasteiger partial charge in [0.05, 0.1) is 18.5 Å². The molecule has 1 aromatic heterocycles. The number of amides is 3. The lowest BCUT2D eigenvalue weighted by atomic mass is 9.83. The van der Waals surface area contributed by atoms with Crippen LogP contribution in [0, 0.1) is 5.92 Å². The van der Waals surface area contributed by atoms with Gasteiger partial charge in [0, 0.05) is 68.2 Å². The summed E-state index contributed by atoms with van der Waals surface area (Å²) in [6.07, 6.45) is 1.01. The number of rotatable bonds is 7. The van der Waals surface area contributed by atoms with Crippen molar-refractivity contribution in [3.05, 3.63) is 118 Å². The Bertz CT molecular complexity index is 1700. The van der Waals surface area contributed by atoms with Crippen LogP contribution < -0.4 is 25.8 Å². The molecule has 0 radical (unpaired) electrons. The summed E-state index contributed by atoms with van der Waals surface area (Å²) in [5.41, 5.74) is 4.57. The van der Waals surface area contributed by atoms with Crippen molar-refractivity contribution in [1.82, 2.24) is 9.47 Å². The molecule has 3 heterocycles.